The van der Waals surface area contributed by atoms with Crippen molar-refractivity contribution < 1.29 is 0 Å². The van der Waals surface area contributed by atoms with Crippen LogP contribution in [0, 0.1) is 0 Å². The van der Waals surface area contributed by atoms with Crippen molar-refractivity contribution in [3.05, 3.63) is 47.2 Å². The highest BCUT2D eigenvalue weighted by Crippen LogP contribution is 2.29. The van der Waals surface area contributed by atoms with Crippen molar-refractivity contribution in [2.75, 3.05) is 5.32 Å². The molecular weight excluding hydrogens is 196 g/mol. The predicted octanol–water partition coefficient (Wildman–Crippen LogP) is 3.06. The van der Waals surface area contributed by atoms with E-state index in [0.717, 1.165) is 22.9 Å². The van der Waals surface area contributed by atoms with Gasteiger partial charge in [0.15, 0.2) is 0 Å². The molecule has 1 aliphatic heterocycles. The molecule has 0 unspecified atom stereocenters. The minimum Gasteiger partial charge on any atom is -0.378 e. The second-order valence-electron chi connectivity index (χ2n) is 3.38. The maximum absolute atomic E-state index is 5.97. The van der Waals surface area contributed by atoms with Gasteiger partial charge in [-0.15, -0.1) is 0 Å². The molecule has 2 aromatic rings. The summed E-state index contributed by atoms with van der Waals surface area (Å²) in [6.07, 6.45) is 2.06. The third kappa shape index (κ3) is 1.04. The number of aromatic nitrogens is 1. The van der Waals surface area contributed by atoms with Gasteiger partial charge in [0.25, 0.3) is 0 Å². The Hall–Kier alpha value is -1.41. The summed E-state index contributed by atoms with van der Waals surface area (Å²) < 4.78 is 2.16. The fourth-order valence-electron chi connectivity index (χ4n) is 1.83. The molecule has 0 bridgehead atoms. The Balaban J connectivity index is 2.28. The first-order valence-electron chi connectivity index (χ1n) is 4.54. The third-order valence-corrected chi connectivity index (χ3v) is 2.75. The lowest BCUT2D eigenvalue weighted by molar-refractivity contribution is 0.908. The first-order chi connectivity index (χ1) is 6.84. The lowest BCUT2D eigenvalue weighted by atomic mass is 10.2. The van der Waals surface area contributed by atoms with Gasteiger partial charge in [-0.1, -0.05) is 11.6 Å². The van der Waals surface area contributed by atoms with Crippen LogP contribution in [-0.2, 0) is 6.54 Å². The second kappa shape index (κ2) is 2.79. The van der Waals surface area contributed by atoms with Gasteiger partial charge in [0, 0.05) is 16.9 Å². The molecule has 1 N–H and O–H groups in total. The van der Waals surface area contributed by atoms with Crippen LogP contribution in [-0.4, -0.2) is 4.57 Å². The molecule has 3 rings (SSSR count). The Labute approximate surface area is 87.1 Å². The normalized spacial score (nSPS) is 12.9. The largest absolute Gasteiger partial charge is 0.378 e. The summed E-state index contributed by atoms with van der Waals surface area (Å²) in [7, 11) is 0. The number of hydrogen-bond acceptors (Lipinski definition) is 1. The molecule has 0 saturated carbocycles. The van der Waals surface area contributed by atoms with Gasteiger partial charge in [0.1, 0.15) is 0 Å². The van der Waals surface area contributed by atoms with Crippen LogP contribution in [0.15, 0.2) is 36.5 Å². The molecular formula is C11H9ClN2. The predicted molar refractivity (Wildman–Crippen MR) is 58.1 cm³/mol. The standard InChI is InChI=1S/C11H9ClN2/c12-8-3-4-10-11(6-8)14-5-1-2-9(14)7-13-10/h1-6,13H,7H2. The zero-order valence-corrected chi connectivity index (χ0v) is 8.25. The van der Waals surface area contributed by atoms with E-state index in [1.54, 1.807) is 0 Å². The van der Waals surface area contributed by atoms with E-state index in [-0.39, 0.29) is 0 Å². The number of halogens is 1. The van der Waals surface area contributed by atoms with Crippen LogP contribution in [0.4, 0.5) is 5.69 Å². The molecule has 14 heavy (non-hydrogen) atoms. The van der Waals surface area contributed by atoms with Crippen molar-refractivity contribution in [3.8, 4) is 5.69 Å². The third-order valence-electron chi connectivity index (χ3n) is 2.51. The first-order valence-corrected chi connectivity index (χ1v) is 4.92. The van der Waals surface area contributed by atoms with E-state index in [1.165, 1.54) is 5.69 Å². The zero-order chi connectivity index (χ0) is 9.54. The lowest BCUT2D eigenvalue weighted by Crippen LogP contribution is -2.13. The van der Waals surface area contributed by atoms with E-state index in [9.17, 15) is 0 Å². The molecule has 0 aliphatic carbocycles. The van der Waals surface area contributed by atoms with E-state index >= 15 is 0 Å². The van der Waals surface area contributed by atoms with Crippen molar-refractivity contribution in [1.82, 2.24) is 4.57 Å². The number of nitrogens with one attached hydrogen (secondary N) is 1. The van der Waals surface area contributed by atoms with Gasteiger partial charge in [0.2, 0.25) is 0 Å². The van der Waals surface area contributed by atoms with E-state index in [0.29, 0.717) is 0 Å². The average molecular weight is 205 g/mol. The van der Waals surface area contributed by atoms with E-state index < -0.39 is 0 Å². The molecule has 2 nitrogen and oxygen atoms in total. The van der Waals surface area contributed by atoms with Crippen molar-refractivity contribution in [2.45, 2.75) is 6.54 Å². The highest BCUT2D eigenvalue weighted by molar-refractivity contribution is 6.30. The molecule has 1 aromatic carbocycles. The van der Waals surface area contributed by atoms with Crippen molar-refractivity contribution >= 4 is 17.3 Å². The molecule has 1 aromatic heterocycles. The number of anilines is 1. The van der Waals surface area contributed by atoms with Crippen LogP contribution in [0.1, 0.15) is 5.69 Å². The minimum atomic E-state index is 0.770. The Morgan fingerprint density at radius 3 is 3.14 bits per heavy atom. The summed E-state index contributed by atoms with van der Waals surface area (Å²) >= 11 is 5.97. The number of benzene rings is 1. The highest BCUT2D eigenvalue weighted by Gasteiger charge is 2.13. The van der Waals surface area contributed by atoms with E-state index in [4.69, 9.17) is 11.6 Å². The summed E-state index contributed by atoms with van der Waals surface area (Å²) in [6.45, 7) is 0.877. The van der Waals surface area contributed by atoms with Crippen LogP contribution in [0.3, 0.4) is 0 Å². The Bertz CT molecular complexity index is 488. The van der Waals surface area contributed by atoms with Crippen LogP contribution in [0.5, 0.6) is 0 Å². The molecule has 0 radical (unpaired) electrons. The van der Waals surface area contributed by atoms with Crippen LogP contribution in [0.25, 0.3) is 5.69 Å². The van der Waals surface area contributed by atoms with Gasteiger partial charge in [-0.2, -0.15) is 0 Å². The summed E-state index contributed by atoms with van der Waals surface area (Å²) in [5.74, 6) is 0. The first kappa shape index (κ1) is 7.94. The zero-order valence-electron chi connectivity index (χ0n) is 7.50. The van der Waals surface area contributed by atoms with E-state index in [2.05, 4.69) is 22.1 Å². The number of nitrogens with zero attached hydrogens (tertiary/aromatic N) is 1. The molecule has 3 heteroatoms. The number of fused-ring (bicyclic) bond motifs is 3. The highest BCUT2D eigenvalue weighted by atomic mass is 35.5. The van der Waals surface area contributed by atoms with Gasteiger partial charge in [-0.3, -0.25) is 0 Å². The average Bonchev–Trinajstić information content (AvgIpc) is 2.65. The fourth-order valence-corrected chi connectivity index (χ4v) is 2.00. The quantitative estimate of drug-likeness (QED) is 0.698. The molecule has 0 fully saturated rings. The summed E-state index contributed by atoms with van der Waals surface area (Å²) in [4.78, 5) is 0. The lowest BCUT2D eigenvalue weighted by Gasteiger charge is -2.21. The second-order valence-corrected chi connectivity index (χ2v) is 3.82. The van der Waals surface area contributed by atoms with Crippen molar-refractivity contribution in [1.29, 1.82) is 0 Å². The number of hydrogen-bond donors (Lipinski definition) is 1. The topological polar surface area (TPSA) is 17.0 Å². The molecule has 1 aliphatic rings. The minimum absolute atomic E-state index is 0.770. The number of rotatable bonds is 0. The molecule has 0 spiro atoms. The van der Waals surface area contributed by atoms with Gasteiger partial charge >= 0.3 is 0 Å². The molecule has 2 heterocycles. The van der Waals surface area contributed by atoms with Gasteiger partial charge in [0.05, 0.1) is 17.9 Å². The van der Waals surface area contributed by atoms with E-state index in [1.807, 2.05) is 24.3 Å². The molecule has 0 atom stereocenters. The molecule has 70 valence electrons. The smallest absolute Gasteiger partial charge is 0.0700 e. The Morgan fingerprint density at radius 1 is 1.29 bits per heavy atom. The van der Waals surface area contributed by atoms with Gasteiger partial charge < -0.3 is 9.88 Å². The van der Waals surface area contributed by atoms with Crippen LogP contribution < -0.4 is 5.32 Å². The Morgan fingerprint density at radius 2 is 2.21 bits per heavy atom. The molecule has 0 amide bonds. The van der Waals surface area contributed by atoms with Crippen LogP contribution in [0.2, 0.25) is 5.02 Å². The fraction of sp³-hybridized carbons (Fsp3) is 0.0909. The SMILES string of the molecule is Clc1ccc2c(c1)-n1cccc1CN2. The summed E-state index contributed by atoms with van der Waals surface area (Å²) in [6, 6.07) is 10.1. The monoisotopic (exact) mass is 204 g/mol. The Kier molecular flexibility index (Phi) is 1.58. The van der Waals surface area contributed by atoms with Gasteiger partial charge in [-0.25, -0.2) is 0 Å². The van der Waals surface area contributed by atoms with Crippen molar-refractivity contribution in [3.63, 3.8) is 0 Å². The van der Waals surface area contributed by atoms with Gasteiger partial charge in [-0.05, 0) is 30.3 Å². The summed E-state index contributed by atoms with van der Waals surface area (Å²) in [5.41, 5.74) is 3.53. The molecule has 0 saturated heterocycles. The van der Waals surface area contributed by atoms with Crippen LogP contribution >= 0.6 is 11.6 Å². The maximum Gasteiger partial charge on any atom is 0.0700 e. The maximum atomic E-state index is 5.97. The van der Waals surface area contributed by atoms with Crippen molar-refractivity contribution in [2.24, 2.45) is 0 Å². The summed E-state index contributed by atoms with van der Waals surface area (Å²) in [5, 5.41) is 4.12.